The van der Waals surface area contributed by atoms with E-state index in [4.69, 9.17) is 19.3 Å². The fraction of sp³-hybridized carbons (Fsp3) is 0.360. The van der Waals surface area contributed by atoms with Crippen LogP contribution in [0.1, 0.15) is 12.6 Å². The maximum atomic E-state index is 12.8. The fourth-order valence-electron chi connectivity index (χ4n) is 3.90. The van der Waals surface area contributed by atoms with Gasteiger partial charge in [0.2, 0.25) is 11.9 Å². The highest BCUT2D eigenvalue weighted by atomic mass is 16.5. The maximum absolute atomic E-state index is 12.8. The number of rotatable bonds is 11. The van der Waals surface area contributed by atoms with E-state index in [9.17, 15) is 4.79 Å². The summed E-state index contributed by atoms with van der Waals surface area (Å²) in [4.78, 5) is 31.2. The summed E-state index contributed by atoms with van der Waals surface area (Å²) in [7, 11) is 3.14. The first-order chi connectivity index (χ1) is 17.4. The molecular formula is C25H30N6O5. The first kappa shape index (κ1) is 25.1. The van der Waals surface area contributed by atoms with E-state index < -0.39 is 0 Å². The van der Waals surface area contributed by atoms with E-state index in [1.54, 1.807) is 38.5 Å². The lowest BCUT2D eigenvalue weighted by Crippen LogP contribution is -2.30. The molecule has 0 atom stereocenters. The smallest absolute Gasteiger partial charge is 0.260 e. The molecule has 2 heterocycles. The Morgan fingerprint density at radius 3 is 2.50 bits per heavy atom. The number of aryl methyl sites for hydroxylation is 1. The predicted molar refractivity (Wildman–Crippen MR) is 138 cm³/mol. The lowest BCUT2D eigenvalue weighted by Gasteiger charge is -2.19. The molecule has 4 rings (SSSR count). The Bertz CT molecular complexity index is 1420. The van der Waals surface area contributed by atoms with Gasteiger partial charge < -0.3 is 19.3 Å². The van der Waals surface area contributed by atoms with Crippen molar-refractivity contribution < 1.29 is 19.3 Å². The van der Waals surface area contributed by atoms with Gasteiger partial charge in [-0.05, 0) is 37.7 Å². The van der Waals surface area contributed by atoms with Crippen LogP contribution in [0.25, 0.3) is 21.8 Å². The van der Waals surface area contributed by atoms with Gasteiger partial charge in [0.25, 0.3) is 5.56 Å². The van der Waals surface area contributed by atoms with E-state index in [2.05, 4.69) is 30.2 Å². The van der Waals surface area contributed by atoms with Crippen LogP contribution in [0.4, 0.5) is 11.9 Å². The average molecular weight is 495 g/mol. The molecule has 0 saturated heterocycles. The molecule has 36 heavy (non-hydrogen) atoms. The number of ether oxygens (including phenoxy) is 3. The normalized spacial score (nSPS) is 11.3. The van der Waals surface area contributed by atoms with Gasteiger partial charge in [-0.2, -0.15) is 0 Å². The molecule has 11 nitrogen and oxygen atoms in total. The number of anilines is 2. The van der Waals surface area contributed by atoms with Crippen LogP contribution in [0.15, 0.2) is 35.1 Å². The molecule has 11 heteroatoms. The van der Waals surface area contributed by atoms with Crippen LogP contribution in [-0.4, -0.2) is 77.0 Å². The zero-order valence-electron chi connectivity index (χ0n) is 20.8. The zero-order valence-corrected chi connectivity index (χ0v) is 20.8. The molecule has 2 aromatic carbocycles. The summed E-state index contributed by atoms with van der Waals surface area (Å²) < 4.78 is 16.6. The molecule has 0 bridgehead atoms. The Morgan fingerprint density at radius 1 is 1.00 bits per heavy atom. The second-order valence-electron chi connectivity index (χ2n) is 8.08. The third kappa shape index (κ3) is 5.47. The van der Waals surface area contributed by atoms with Crippen molar-refractivity contribution in [1.29, 1.82) is 0 Å². The van der Waals surface area contributed by atoms with E-state index in [1.165, 1.54) is 0 Å². The highest BCUT2D eigenvalue weighted by Crippen LogP contribution is 2.33. The predicted octanol–water partition coefficient (Wildman–Crippen LogP) is 2.63. The second kappa shape index (κ2) is 11.2. The van der Waals surface area contributed by atoms with Crippen molar-refractivity contribution in [2.45, 2.75) is 13.8 Å². The van der Waals surface area contributed by atoms with E-state index in [1.807, 2.05) is 19.9 Å². The standard InChI is InChI=1S/C25H30N6O5/c1-5-31(8-10-32)9-11-36-16-6-7-19-18(12-16)23(33)29-25(27-19)30-24-26-15(2)17-13-21(34-3)22(35-4)14-20(17)28-24/h6-7,12-14,32H,5,8-11H2,1-4H3,(H2,26,27,28,29,30,33). The molecule has 0 amide bonds. The summed E-state index contributed by atoms with van der Waals surface area (Å²) in [5.74, 6) is 2.24. The van der Waals surface area contributed by atoms with Gasteiger partial charge in [0.1, 0.15) is 12.4 Å². The summed E-state index contributed by atoms with van der Waals surface area (Å²) in [5.41, 5.74) is 1.59. The SMILES string of the molecule is CCN(CCO)CCOc1ccc2nc(Nc3nc(C)c4cc(OC)c(OC)cc4n3)[nH]c(=O)c2c1. The van der Waals surface area contributed by atoms with Gasteiger partial charge in [-0.25, -0.2) is 15.0 Å². The minimum atomic E-state index is -0.313. The average Bonchev–Trinajstić information content (AvgIpc) is 2.87. The Balaban J connectivity index is 1.55. The molecule has 0 unspecified atom stereocenters. The van der Waals surface area contributed by atoms with Crippen LogP contribution >= 0.6 is 0 Å². The molecule has 0 spiro atoms. The summed E-state index contributed by atoms with van der Waals surface area (Å²) >= 11 is 0. The number of fused-ring (bicyclic) bond motifs is 2. The molecule has 2 aromatic heterocycles. The Hall–Kier alpha value is -3.96. The number of aromatic amines is 1. The third-order valence-corrected chi connectivity index (χ3v) is 5.84. The molecular weight excluding hydrogens is 464 g/mol. The molecule has 0 saturated carbocycles. The minimum Gasteiger partial charge on any atom is -0.493 e. The summed E-state index contributed by atoms with van der Waals surface area (Å²) in [6.07, 6.45) is 0. The fourth-order valence-corrected chi connectivity index (χ4v) is 3.90. The van der Waals surface area contributed by atoms with Crippen molar-refractivity contribution in [3.8, 4) is 17.2 Å². The number of hydrogen-bond donors (Lipinski definition) is 3. The minimum absolute atomic E-state index is 0.105. The number of benzene rings is 2. The second-order valence-corrected chi connectivity index (χ2v) is 8.08. The van der Waals surface area contributed by atoms with Gasteiger partial charge in [0.15, 0.2) is 11.5 Å². The molecule has 0 radical (unpaired) electrons. The summed E-state index contributed by atoms with van der Waals surface area (Å²) in [6, 6.07) is 8.78. The van der Waals surface area contributed by atoms with E-state index >= 15 is 0 Å². The van der Waals surface area contributed by atoms with Gasteiger partial charge >= 0.3 is 0 Å². The largest absolute Gasteiger partial charge is 0.493 e. The van der Waals surface area contributed by atoms with Crippen molar-refractivity contribution in [2.24, 2.45) is 0 Å². The lowest BCUT2D eigenvalue weighted by molar-refractivity contribution is 0.174. The number of likely N-dealkylation sites (N-methyl/N-ethyl adjacent to an activating group) is 1. The number of nitrogens with one attached hydrogen (secondary N) is 2. The van der Waals surface area contributed by atoms with Crippen LogP contribution in [0, 0.1) is 6.92 Å². The number of nitrogens with zero attached hydrogens (tertiary/aromatic N) is 4. The number of aliphatic hydroxyl groups is 1. The monoisotopic (exact) mass is 494 g/mol. The summed E-state index contributed by atoms with van der Waals surface area (Å²) in [5, 5.41) is 13.3. The van der Waals surface area contributed by atoms with E-state index in [0.29, 0.717) is 53.4 Å². The third-order valence-electron chi connectivity index (χ3n) is 5.84. The number of H-pyrrole nitrogens is 1. The summed E-state index contributed by atoms with van der Waals surface area (Å²) in [6.45, 7) is 6.54. The number of hydrogen-bond acceptors (Lipinski definition) is 10. The maximum Gasteiger partial charge on any atom is 0.260 e. The lowest BCUT2D eigenvalue weighted by atomic mass is 10.1. The number of aromatic nitrogens is 4. The molecule has 4 aromatic rings. The van der Waals surface area contributed by atoms with Crippen molar-refractivity contribution in [3.63, 3.8) is 0 Å². The topological polar surface area (TPSA) is 135 Å². The van der Waals surface area contributed by atoms with E-state index in [0.717, 1.165) is 17.6 Å². The van der Waals surface area contributed by atoms with Gasteiger partial charge in [-0.3, -0.25) is 20.0 Å². The highest BCUT2D eigenvalue weighted by molar-refractivity contribution is 5.86. The highest BCUT2D eigenvalue weighted by Gasteiger charge is 2.13. The molecule has 0 aliphatic carbocycles. The first-order valence-corrected chi connectivity index (χ1v) is 11.6. The van der Waals surface area contributed by atoms with Gasteiger partial charge in [0, 0.05) is 24.5 Å². The molecule has 0 aliphatic rings. The zero-order chi connectivity index (χ0) is 25.7. The molecule has 0 fully saturated rings. The van der Waals surface area contributed by atoms with Crippen molar-refractivity contribution in [2.75, 3.05) is 52.4 Å². The number of methoxy groups -OCH3 is 2. The van der Waals surface area contributed by atoms with Crippen LogP contribution in [0.2, 0.25) is 0 Å². The Kier molecular flexibility index (Phi) is 7.81. The van der Waals surface area contributed by atoms with Gasteiger partial charge in [0.05, 0.1) is 42.9 Å². The van der Waals surface area contributed by atoms with Crippen LogP contribution in [0.3, 0.4) is 0 Å². The first-order valence-electron chi connectivity index (χ1n) is 11.6. The van der Waals surface area contributed by atoms with Crippen molar-refractivity contribution >= 4 is 33.7 Å². The molecule has 190 valence electrons. The molecule has 3 N–H and O–H groups in total. The molecule has 0 aliphatic heterocycles. The number of aliphatic hydroxyl groups excluding tert-OH is 1. The van der Waals surface area contributed by atoms with Crippen LogP contribution in [0.5, 0.6) is 17.2 Å². The van der Waals surface area contributed by atoms with Crippen molar-refractivity contribution in [3.05, 3.63) is 46.4 Å². The van der Waals surface area contributed by atoms with Gasteiger partial charge in [-0.1, -0.05) is 6.92 Å². The Morgan fingerprint density at radius 2 is 1.78 bits per heavy atom. The van der Waals surface area contributed by atoms with Crippen molar-refractivity contribution in [1.82, 2.24) is 24.8 Å². The Labute approximate surface area is 208 Å². The van der Waals surface area contributed by atoms with Gasteiger partial charge in [-0.15, -0.1) is 0 Å². The van der Waals surface area contributed by atoms with E-state index in [-0.39, 0.29) is 24.1 Å². The quantitative estimate of drug-likeness (QED) is 0.286. The van der Waals surface area contributed by atoms with Crippen LogP contribution < -0.4 is 25.1 Å². The van der Waals surface area contributed by atoms with Crippen LogP contribution in [-0.2, 0) is 0 Å².